The van der Waals surface area contributed by atoms with Gasteiger partial charge in [-0.05, 0) is 42.0 Å². The predicted octanol–water partition coefficient (Wildman–Crippen LogP) is 3.38. The molecule has 4 rings (SSSR count). The summed E-state index contributed by atoms with van der Waals surface area (Å²) in [6.45, 7) is 0. The number of hydrogen-bond donors (Lipinski definition) is 3. The summed E-state index contributed by atoms with van der Waals surface area (Å²) in [4.78, 5) is 27.5. The number of amides is 2. The van der Waals surface area contributed by atoms with Gasteiger partial charge in [0.25, 0.3) is 5.91 Å². The van der Waals surface area contributed by atoms with Gasteiger partial charge in [0.15, 0.2) is 5.69 Å². The molecule has 0 unspecified atom stereocenters. The molecule has 2 aromatic carbocycles. The van der Waals surface area contributed by atoms with Gasteiger partial charge in [0.05, 0.1) is 12.1 Å². The lowest BCUT2D eigenvalue weighted by Gasteiger charge is -2.08. The summed E-state index contributed by atoms with van der Waals surface area (Å²) >= 11 is 0. The van der Waals surface area contributed by atoms with Crippen molar-refractivity contribution in [1.82, 2.24) is 25.6 Å². The van der Waals surface area contributed by atoms with Gasteiger partial charge < -0.3 is 4.98 Å². The average Bonchev–Trinajstić information content (AvgIpc) is 3.40. The number of hydrogen-bond acceptors (Lipinski definition) is 3. The number of halogens is 3. The van der Waals surface area contributed by atoms with Crippen molar-refractivity contribution >= 4 is 22.7 Å². The van der Waals surface area contributed by atoms with E-state index >= 15 is 0 Å². The summed E-state index contributed by atoms with van der Waals surface area (Å²) in [5.41, 5.74) is 5.96. The second-order valence-corrected chi connectivity index (χ2v) is 6.73. The van der Waals surface area contributed by atoms with Crippen LogP contribution >= 0.6 is 0 Å². The number of aromatic nitrogens is 3. The highest BCUT2D eigenvalue weighted by molar-refractivity contribution is 5.96. The Morgan fingerprint density at radius 3 is 2.45 bits per heavy atom. The maximum atomic E-state index is 12.7. The van der Waals surface area contributed by atoms with Crippen LogP contribution in [0.3, 0.4) is 0 Å². The number of benzene rings is 2. The molecule has 2 heterocycles. The quantitative estimate of drug-likeness (QED) is 0.436. The highest BCUT2D eigenvalue weighted by Crippen LogP contribution is 2.27. The van der Waals surface area contributed by atoms with Gasteiger partial charge in [-0.2, -0.15) is 18.3 Å². The van der Waals surface area contributed by atoms with Crippen LogP contribution in [0.25, 0.3) is 16.6 Å². The van der Waals surface area contributed by atoms with Gasteiger partial charge in [-0.1, -0.05) is 18.2 Å². The lowest BCUT2D eigenvalue weighted by Crippen LogP contribution is -2.42. The first-order chi connectivity index (χ1) is 14.8. The third kappa shape index (κ3) is 4.42. The molecule has 0 atom stereocenters. The van der Waals surface area contributed by atoms with E-state index in [9.17, 15) is 22.8 Å². The van der Waals surface area contributed by atoms with E-state index < -0.39 is 23.7 Å². The van der Waals surface area contributed by atoms with Crippen molar-refractivity contribution in [2.75, 3.05) is 0 Å². The van der Waals surface area contributed by atoms with Crippen molar-refractivity contribution in [3.63, 3.8) is 0 Å². The van der Waals surface area contributed by atoms with E-state index in [0.29, 0.717) is 5.69 Å². The van der Waals surface area contributed by atoms with Crippen LogP contribution in [0.4, 0.5) is 13.2 Å². The molecule has 31 heavy (non-hydrogen) atoms. The molecule has 0 aliphatic rings. The summed E-state index contributed by atoms with van der Waals surface area (Å²) in [5, 5.41) is 4.40. The van der Waals surface area contributed by atoms with E-state index in [1.54, 1.807) is 6.20 Å². The highest BCUT2D eigenvalue weighted by atomic mass is 19.4. The van der Waals surface area contributed by atoms with E-state index in [1.807, 2.05) is 24.3 Å². The lowest BCUT2D eigenvalue weighted by atomic mass is 10.1. The fourth-order valence-electron chi connectivity index (χ4n) is 3.08. The molecule has 4 aromatic rings. The van der Waals surface area contributed by atoms with Crippen LogP contribution in [0, 0.1) is 0 Å². The topological polar surface area (TPSA) is 91.8 Å². The van der Waals surface area contributed by atoms with Crippen LogP contribution in [0.2, 0.25) is 0 Å². The van der Waals surface area contributed by atoms with Gasteiger partial charge in [0, 0.05) is 28.9 Å². The number of para-hydroxylation sites is 1. The molecule has 3 N–H and O–H groups in total. The molecular formula is C21H16F3N5O2. The van der Waals surface area contributed by atoms with Crippen molar-refractivity contribution in [2.24, 2.45) is 0 Å². The predicted molar refractivity (Wildman–Crippen MR) is 106 cm³/mol. The first kappa shape index (κ1) is 20.2. The Labute approximate surface area is 173 Å². The molecule has 7 nitrogen and oxygen atoms in total. The standard InChI is InChI=1S/C21H16F3N5O2/c22-21(23,24)18-9-10-29(28-18)15-7-5-13(6-8-15)20(31)27-26-19(30)11-14-12-25-17-4-2-1-3-16(14)17/h1-10,12,25H,11H2,(H,26,30)(H,27,31). The zero-order chi connectivity index (χ0) is 22.0. The van der Waals surface area contributed by atoms with Crippen LogP contribution < -0.4 is 10.9 Å². The number of nitrogens with zero attached hydrogens (tertiary/aromatic N) is 2. The summed E-state index contributed by atoms with van der Waals surface area (Å²) in [5.74, 6) is -0.957. The minimum atomic E-state index is -4.53. The monoisotopic (exact) mass is 427 g/mol. The smallest absolute Gasteiger partial charge is 0.361 e. The maximum absolute atomic E-state index is 12.7. The first-order valence-corrected chi connectivity index (χ1v) is 9.19. The molecule has 10 heteroatoms. The number of hydrazine groups is 1. The molecule has 0 aliphatic heterocycles. The fourth-order valence-corrected chi connectivity index (χ4v) is 3.08. The van der Waals surface area contributed by atoms with Crippen LogP contribution in [0.5, 0.6) is 0 Å². The molecule has 0 aliphatic carbocycles. The van der Waals surface area contributed by atoms with Gasteiger partial charge >= 0.3 is 6.18 Å². The highest BCUT2D eigenvalue weighted by Gasteiger charge is 2.33. The number of H-pyrrole nitrogens is 1. The third-order valence-electron chi connectivity index (χ3n) is 4.61. The van der Waals surface area contributed by atoms with Crippen molar-refractivity contribution in [3.05, 3.63) is 83.8 Å². The van der Waals surface area contributed by atoms with Crippen molar-refractivity contribution in [1.29, 1.82) is 0 Å². The zero-order valence-corrected chi connectivity index (χ0v) is 15.9. The van der Waals surface area contributed by atoms with Crippen LogP contribution in [-0.2, 0) is 17.4 Å². The number of rotatable bonds is 4. The largest absolute Gasteiger partial charge is 0.435 e. The number of carbonyl (C=O) groups excluding carboxylic acids is 2. The molecule has 0 spiro atoms. The van der Waals surface area contributed by atoms with Gasteiger partial charge in [0.2, 0.25) is 5.91 Å². The molecule has 0 bridgehead atoms. The second-order valence-electron chi connectivity index (χ2n) is 6.73. The fraction of sp³-hybridized carbons (Fsp3) is 0.0952. The third-order valence-corrected chi connectivity index (χ3v) is 4.61. The Kier molecular flexibility index (Phi) is 5.20. The van der Waals surface area contributed by atoms with Gasteiger partial charge in [-0.25, -0.2) is 4.68 Å². The molecule has 0 saturated carbocycles. The van der Waals surface area contributed by atoms with Crippen LogP contribution in [0.15, 0.2) is 67.0 Å². The number of carbonyl (C=O) groups is 2. The van der Waals surface area contributed by atoms with Gasteiger partial charge in [0.1, 0.15) is 0 Å². The van der Waals surface area contributed by atoms with E-state index in [-0.39, 0.29) is 12.0 Å². The molecular weight excluding hydrogens is 411 g/mol. The summed E-state index contributed by atoms with van der Waals surface area (Å²) in [7, 11) is 0. The number of aromatic amines is 1. The molecule has 0 radical (unpaired) electrons. The molecule has 0 saturated heterocycles. The second kappa shape index (κ2) is 7.98. The molecule has 0 fully saturated rings. The van der Waals surface area contributed by atoms with E-state index in [4.69, 9.17) is 0 Å². The normalized spacial score (nSPS) is 11.5. The Bertz CT molecular complexity index is 1240. The minimum Gasteiger partial charge on any atom is -0.361 e. The molecule has 2 aromatic heterocycles. The van der Waals surface area contributed by atoms with E-state index in [2.05, 4.69) is 20.9 Å². The van der Waals surface area contributed by atoms with Crippen molar-refractivity contribution in [2.45, 2.75) is 12.6 Å². The molecule has 158 valence electrons. The van der Waals surface area contributed by atoms with Crippen molar-refractivity contribution < 1.29 is 22.8 Å². The Hall–Kier alpha value is -4.08. The first-order valence-electron chi connectivity index (χ1n) is 9.19. The summed E-state index contributed by atoms with van der Waals surface area (Å²) in [6, 6.07) is 14.2. The van der Waals surface area contributed by atoms with Gasteiger partial charge in [-0.3, -0.25) is 20.4 Å². The van der Waals surface area contributed by atoms with Crippen molar-refractivity contribution in [3.8, 4) is 5.69 Å². The summed E-state index contributed by atoms with van der Waals surface area (Å²) < 4.78 is 39.1. The number of nitrogens with one attached hydrogen (secondary N) is 3. The van der Waals surface area contributed by atoms with E-state index in [0.717, 1.165) is 27.2 Å². The SMILES string of the molecule is O=C(Cc1c[nH]c2ccccc12)NNC(=O)c1ccc(-n2ccc(C(F)(F)F)n2)cc1. The Balaban J connectivity index is 1.35. The van der Waals surface area contributed by atoms with E-state index in [1.165, 1.54) is 30.5 Å². The zero-order valence-electron chi connectivity index (χ0n) is 15.9. The van der Waals surface area contributed by atoms with Gasteiger partial charge in [-0.15, -0.1) is 0 Å². The lowest BCUT2D eigenvalue weighted by molar-refractivity contribution is -0.141. The number of fused-ring (bicyclic) bond motifs is 1. The maximum Gasteiger partial charge on any atom is 0.435 e. The van der Waals surface area contributed by atoms with Crippen LogP contribution in [-0.4, -0.2) is 26.6 Å². The van der Waals surface area contributed by atoms with Crippen LogP contribution in [0.1, 0.15) is 21.6 Å². The number of alkyl halides is 3. The Morgan fingerprint density at radius 2 is 1.74 bits per heavy atom. The molecule has 2 amide bonds. The minimum absolute atomic E-state index is 0.0735. The Morgan fingerprint density at radius 1 is 1.00 bits per heavy atom. The average molecular weight is 427 g/mol. The summed E-state index contributed by atoms with van der Waals surface area (Å²) in [6.07, 6.45) is -1.53.